The summed E-state index contributed by atoms with van der Waals surface area (Å²) in [7, 11) is -2.00. The van der Waals surface area contributed by atoms with Gasteiger partial charge in [-0.3, -0.25) is 4.79 Å². The highest BCUT2D eigenvalue weighted by atomic mass is 32.2. The zero-order valence-electron chi connectivity index (χ0n) is 14.5. The van der Waals surface area contributed by atoms with Crippen LogP contribution in [0.1, 0.15) is 20.3 Å². The van der Waals surface area contributed by atoms with Crippen LogP contribution in [0.3, 0.4) is 0 Å². The second kappa shape index (κ2) is 7.11. The number of carbonyl (C=O) groups excluding carboxylic acids is 1. The Morgan fingerprint density at radius 1 is 1.38 bits per heavy atom. The number of sulfone groups is 1. The summed E-state index contributed by atoms with van der Waals surface area (Å²) in [6.07, 6.45) is 0.854. The summed E-state index contributed by atoms with van der Waals surface area (Å²) in [5, 5.41) is 0. The molecule has 1 fully saturated rings. The SMILES string of the molecule is COc1ccc(S(=O)(=O)CC(C)C(=O)N2CCC(C)(CN)C2)cc1. The number of likely N-dealkylation sites (tertiary alicyclic amines) is 1. The molecule has 0 bridgehead atoms. The Kier molecular flexibility index (Phi) is 5.55. The standard InChI is InChI=1S/C17H26N2O4S/c1-13(16(20)19-9-8-17(2,11-18)12-19)10-24(21,22)15-6-4-14(23-3)5-7-15/h4-7,13H,8-12,18H2,1-3H3. The third kappa shape index (κ3) is 4.08. The van der Waals surface area contributed by atoms with Gasteiger partial charge in [0.2, 0.25) is 5.91 Å². The van der Waals surface area contributed by atoms with Crippen molar-refractivity contribution in [1.82, 2.24) is 4.90 Å². The molecule has 1 saturated heterocycles. The average molecular weight is 354 g/mol. The minimum Gasteiger partial charge on any atom is -0.497 e. The average Bonchev–Trinajstić information content (AvgIpc) is 2.97. The first-order valence-electron chi connectivity index (χ1n) is 8.06. The molecular weight excluding hydrogens is 328 g/mol. The van der Waals surface area contributed by atoms with E-state index in [1.807, 2.05) is 0 Å². The third-order valence-corrected chi connectivity index (χ3v) is 6.60. The Morgan fingerprint density at radius 3 is 2.50 bits per heavy atom. The highest BCUT2D eigenvalue weighted by molar-refractivity contribution is 7.91. The highest BCUT2D eigenvalue weighted by Gasteiger charge is 2.37. The molecule has 1 heterocycles. The van der Waals surface area contributed by atoms with E-state index in [0.717, 1.165) is 6.42 Å². The van der Waals surface area contributed by atoms with E-state index in [9.17, 15) is 13.2 Å². The zero-order valence-corrected chi connectivity index (χ0v) is 15.3. The number of hydrogen-bond donors (Lipinski definition) is 1. The first-order chi connectivity index (χ1) is 11.2. The molecule has 1 aliphatic rings. The molecule has 0 radical (unpaired) electrons. The predicted molar refractivity (Wildman–Crippen MR) is 92.6 cm³/mol. The molecule has 1 aromatic carbocycles. The Labute approximate surface area is 143 Å². The lowest BCUT2D eigenvalue weighted by molar-refractivity contribution is -0.133. The van der Waals surface area contributed by atoms with Gasteiger partial charge in [-0.05, 0) is 42.6 Å². The maximum Gasteiger partial charge on any atom is 0.226 e. The van der Waals surface area contributed by atoms with Gasteiger partial charge in [-0.25, -0.2) is 8.42 Å². The van der Waals surface area contributed by atoms with Crippen LogP contribution in [0.25, 0.3) is 0 Å². The summed E-state index contributed by atoms with van der Waals surface area (Å²) >= 11 is 0. The van der Waals surface area contributed by atoms with Crippen molar-refractivity contribution >= 4 is 15.7 Å². The molecule has 0 aromatic heterocycles. The fraction of sp³-hybridized carbons (Fsp3) is 0.588. The number of rotatable bonds is 6. The molecule has 2 N–H and O–H groups in total. The number of nitrogens with zero attached hydrogens (tertiary/aromatic N) is 1. The molecule has 6 nitrogen and oxygen atoms in total. The molecule has 0 aliphatic carbocycles. The second-order valence-electron chi connectivity index (χ2n) is 6.88. The van der Waals surface area contributed by atoms with Gasteiger partial charge in [0.25, 0.3) is 0 Å². The van der Waals surface area contributed by atoms with Gasteiger partial charge < -0.3 is 15.4 Å². The second-order valence-corrected chi connectivity index (χ2v) is 8.92. The van der Waals surface area contributed by atoms with Crippen LogP contribution in [-0.2, 0) is 14.6 Å². The van der Waals surface area contributed by atoms with Crippen LogP contribution in [0, 0.1) is 11.3 Å². The lowest BCUT2D eigenvalue weighted by atomic mass is 9.90. The van der Waals surface area contributed by atoms with Crippen molar-refractivity contribution in [2.75, 3.05) is 32.5 Å². The summed E-state index contributed by atoms with van der Waals surface area (Å²) in [5.41, 5.74) is 5.70. The Morgan fingerprint density at radius 2 is 2.00 bits per heavy atom. The van der Waals surface area contributed by atoms with Gasteiger partial charge in [0.1, 0.15) is 5.75 Å². The molecule has 7 heteroatoms. The van der Waals surface area contributed by atoms with Gasteiger partial charge >= 0.3 is 0 Å². The van der Waals surface area contributed by atoms with Gasteiger partial charge in [-0.15, -0.1) is 0 Å². The van der Waals surface area contributed by atoms with Crippen LogP contribution < -0.4 is 10.5 Å². The van der Waals surface area contributed by atoms with Crippen LogP contribution in [-0.4, -0.2) is 51.7 Å². The number of amides is 1. The van der Waals surface area contributed by atoms with Gasteiger partial charge in [0.05, 0.1) is 17.8 Å². The van der Waals surface area contributed by atoms with E-state index < -0.39 is 15.8 Å². The monoisotopic (exact) mass is 354 g/mol. The molecule has 0 spiro atoms. The first kappa shape index (κ1) is 18.7. The van der Waals surface area contributed by atoms with Crippen LogP contribution in [0.2, 0.25) is 0 Å². The van der Waals surface area contributed by atoms with E-state index in [4.69, 9.17) is 10.5 Å². The molecule has 24 heavy (non-hydrogen) atoms. The lowest BCUT2D eigenvalue weighted by Gasteiger charge is -2.24. The first-order valence-corrected chi connectivity index (χ1v) is 9.72. The van der Waals surface area contributed by atoms with Crippen molar-refractivity contribution < 1.29 is 17.9 Å². The van der Waals surface area contributed by atoms with Crippen molar-refractivity contribution in [3.05, 3.63) is 24.3 Å². The zero-order chi connectivity index (χ0) is 18.0. The number of carbonyl (C=O) groups is 1. The van der Waals surface area contributed by atoms with Gasteiger partial charge in [0.15, 0.2) is 9.84 Å². The molecule has 1 aromatic rings. The van der Waals surface area contributed by atoms with E-state index >= 15 is 0 Å². The predicted octanol–water partition coefficient (Wildman–Crippen LogP) is 1.30. The summed E-state index contributed by atoms with van der Waals surface area (Å²) < 4.78 is 30.1. The van der Waals surface area contributed by atoms with Crippen LogP contribution in [0.15, 0.2) is 29.2 Å². The number of nitrogens with two attached hydrogens (primary N) is 1. The summed E-state index contributed by atoms with van der Waals surface area (Å²) in [6.45, 7) is 5.48. The summed E-state index contributed by atoms with van der Waals surface area (Å²) in [6, 6.07) is 6.22. The van der Waals surface area contributed by atoms with Gasteiger partial charge in [0, 0.05) is 19.0 Å². The number of methoxy groups -OCH3 is 1. The molecule has 134 valence electrons. The maximum absolute atomic E-state index is 12.6. The minimum atomic E-state index is -3.52. The summed E-state index contributed by atoms with van der Waals surface area (Å²) in [5.74, 6) is -0.314. The fourth-order valence-electron chi connectivity index (χ4n) is 2.97. The van der Waals surface area contributed by atoms with Crippen molar-refractivity contribution in [1.29, 1.82) is 0 Å². The third-order valence-electron chi connectivity index (χ3n) is 4.67. The normalized spacial score (nSPS) is 22.4. The maximum atomic E-state index is 12.6. The molecular formula is C17H26N2O4S. The van der Waals surface area contributed by atoms with Crippen molar-refractivity contribution in [2.24, 2.45) is 17.1 Å². The minimum absolute atomic E-state index is 0.0652. The number of benzene rings is 1. The van der Waals surface area contributed by atoms with E-state index in [2.05, 4.69) is 6.92 Å². The quantitative estimate of drug-likeness (QED) is 0.832. The molecule has 0 saturated carbocycles. The lowest BCUT2D eigenvalue weighted by Crippen LogP contribution is -2.38. The largest absolute Gasteiger partial charge is 0.497 e. The Hall–Kier alpha value is -1.60. The van der Waals surface area contributed by atoms with Crippen molar-refractivity contribution in [2.45, 2.75) is 25.2 Å². The van der Waals surface area contributed by atoms with Crippen LogP contribution >= 0.6 is 0 Å². The summed E-state index contributed by atoms with van der Waals surface area (Å²) in [4.78, 5) is 14.5. The molecule has 2 unspecified atom stereocenters. The number of ether oxygens (including phenoxy) is 1. The van der Waals surface area contributed by atoms with E-state index in [0.29, 0.717) is 25.4 Å². The van der Waals surface area contributed by atoms with Crippen molar-refractivity contribution in [3.8, 4) is 5.75 Å². The van der Waals surface area contributed by atoms with Crippen LogP contribution in [0.5, 0.6) is 5.75 Å². The van der Waals surface area contributed by atoms with E-state index in [1.54, 1.807) is 24.0 Å². The molecule has 2 rings (SSSR count). The highest BCUT2D eigenvalue weighted by Crippen LogP contribution is 2.30. The topological polar surface area (TPSA) is 89.7 Å². The van der Waals surface area contributed by atoms with Gasteiger partial charge in [-0.1, -0.05) is 13.8 Å². The molecule has 2 atom stereocenters. The van der Waals surface area contributed by atoms with E-state index in [1.165, 1.54) is 19.2 Å². The molecule has 1 amide bonds. The Balaban J connectivity index is 2.04. The fourth-order valence-corrected chi connectivity index (χ4v) is 4.51. The number of hydrogen-bond acceptors (Lipinski definition) is 5. The van der Waals surface area contributed by atoms with Crippen molar-refractivity contribution in [3.63, 3.8) is 0 Å². The van der Waals surface area contributed by atoms with E-state index in [-0.39, 0.29) is 22.0 Å². The van der Waals surface area contributed by atoms with Gasteiger partial charge in [-0.2, -0.15) is 0 Å². The van der Waals surface area contributed by atoms with Crippen LogP contribution in [0.4, 0.5) is 0 Å². The Bertz CT molecular complexity index is 687. The smallest absolute Gasteiger partial charge is 0.226 e. The molecule has 1 aliphatic heterocycles.